The van der Waals surface area contributed by atoms with Gasteiger partial charge >= 0.3 is 0 Å². The van der Waals surface area contributed by atoms with Crippen molar-refractivity contribution in [1.82, 2.24) is 34.5 Å². The van der Waals surface area contributed by atoms with Crippen LogP contribution in [0.2, 0.25) is 0 Å². The van der Waals surface area contributed by atoms with Gasteiger partial charge in [-0.25, -0.2) is 19.3 Å². The van der Waals surface area contributed by atoms with Crippen molar-refractivity contribution in [3.63, 3.8) is 0 Å². The fourth-order valence-electron chi connectivity index (χ4n) is 5.86. The van der Waals surface area contributed by atoms with Gasteiger partial charge < -0.3 is 25.5 Å². The number of carbonyl (C=O) groups excluding carboxylic acids is 1. The molecular weight excluding hydrogens is 546 g/mol. The standard InChI is InChI=1S/C31H37N9O3/c1-5-15-39-28(42)23-18-32-29(35-27(23)40(39)25-8-6-7-24(34-25)30(2,3)43)33-21-9-11-22(12-10-21)38-19-26(41)36-31(20-38)13-16-37(4)17-14-31/h5-12,18,43H,1,13-17,19-20H2,2-4H3,(H,36,41)(H,32,33,35). The monoisotopic (exact) mass is 583 g/mol. The molecule has 0 saturated carbocycles. The van der Waals surface area contributed by atoms with Crippen molar-refractivity contribution in [2.45, 2.75) is 44.4 Å². The number of aromatic nitrogens is 5. The first-order valence-electron chi connectivity index (χ1n) is 14.5. The summed E-state index contributed by atoms with van der Waals surface area (Å²) in [5, 5.41) is 17.4. The topological polar surface area (TPSA) is 133 Å². The molecule has 2 saturated heterocycles. The fraction of sp³-hybridized carbons (Fsp3) is 0.387. The maximum atomic E-state index is 13.3. The Morgan fingerprint density at radius 3 is 2.56 bits per heavy atom. The van der Waals surface area contributed by atoms with E-state index in [1.54, 1.807) is 42.8 Å². The highest BCUT2D eigenvalue weighted by molar-refractivity contribution is 5.84. The van der Waals surface area contributed by atoms with Gasteiger partial charge in [-0.3, -0.25) is 9.59 Å². The van der Waals surface area contributed by atoms with Gasteiger partial charge in [-0.1, -0.05) is 12.1 Å². The Morgan fingerprint density at radius 2 is 1.86 bits per heavy atom. The smallest absolute Gasteiger partial charge is 0.278 e. The Bertz CT molecular complexity index is 1730. The molecular formula is C31H37N9O3. The molecule has 2 fully saturated rings. The van der Waals surface area contributed by atoms with Gasteiger partial charge in [0.25, 0.3) is 5.56 Å². The molecule has 2 aliphatic rings. The SMILES string of the molecule is C=CCn1c(=O)c2cnc(Nc3ccc(N4CC(=O)NC5(CCN(C)CC5)C4)cc3)nc2n1-c1cccc(C(C)(C)O)n1. The predicted octanol–water partition coefficient (Wildman–Crippen LogP) is 2.53. The van der Waals surface area contributed by atoms with Crippen molar-refractivity contribution in [2.24, 2.45) is 0 Å². The van der Waals surface area contributed by atoms with Crippen LogP contribution in [-0.4, -0.2) is 79.0 Å². The van der Waals surface area contributed by atoms with E-state index >= 15 is 0 Å². The van der Waals surface area contributed by atoms with Gasteiger partial charge in [0.05, 0.1) is 24.3 Å². The zero-order valence-corrected chi connectivity index (χ0v) is 24.7. The first kappa shape index (κ1) is 28.6. The highest BCUT2D eigenvalue weighted by Gasteiger charge is 2.40. The number of carbonyl (C=O) groups is 1. The van der Waals surface area contributed by atoms with Crippen LogP contribution >= 0.6 is 0 Å². The molecule has 43 heavy (non-hydrogen) atoms. The van der Waals surface area contributed by atoms with Crippen molar-refractivity contribution < 1.29 is 9.90 Å². The summed E-state index contributed by atoms with van der Waals surface area (Å²) in [6.45, 7) is 10.4. The maximum Gasteiger partial charge on any atom is 0.278 e. The summed E-state index contributed by atoms with van der Waals surface area (Å²) in [5.41, 5.74) is 0.954. The van der Waals surface area contributed by atoms with Gasteiger partial charge in [-0.15, -0.1) is 6.58 Å². The molecule has 0 unspecified atom stereocenters. The number of piperazine rings is 1. The first-order chi connectivity index (χ1) is 20.5. The van der Waals surface area contributed by atoms with Gasteiger partial charge in [0.2, 0.25) is 11.9 Å². The van der Waals surface area contributed by atoms with Crippen LogP contribution in [0.25, 0.3) is 16.9 Å². The lowest BCUT2D eigenvalue weighted by molar-refractivity contribution is -0.123. The number of rotatable bonds is 7. The van der Waals surface area contributed by atoms with E-state index < -0.39 is 5.60 Å². The zero-order valence-electron chi connectivity index (χ0n) is 24.7. The van der Waals surface area contributed by atoms with E-state index in [1.165, 1.54) is 10.9 Å². The minimum atomic E-state index is -1.16. The summed E-state index contributed by atoms with van der Waals surface area (Å²) < 4.78 is 3.12. The highest BCUT2D eigenvalue weighted by Crippen LogP contribution is 2.29. The van der Waals surface area contributed by atoms with E-state index in [2.05, 4.69) is 44.0 Å². The van der Waals surface area contributed by atoms with E-state index in [9.17, 15) is 14.7 Å². The second-order valence-corrected chi connectivity index (χ2v) is 12.0. The van der Waals surface area contributed by atoms with E-state index in [-0.39, 0.29) is 23.6 Å². The van der Waals surface area contributed by atoms with E-state index in [0.717, 1.165) is 43.9 Å². The average molecular weight is 584 g/mol. The van der Waals surface area contributed by atoms with Crippen molar-refractivity contribution >= 4 is 34.3 Å². The number of nitrogens with one attached hydrogen (secondary N) is 2. The van der Waals surface area contributed by atoms with Crippen LogP contribution in [0.15, 0.2) is 66.1 Å². The Morgan fingerprint density at radius 1 is 1.12 bits per heavy atom. The van der Waals surface area contributed by atoms with Crippen LogP contribution in [0.5, 0.6) is 0 Å². The molecule has 4 aromatic rings. The molecule has 0 aliphatic carbocycles. The number of nitrogens with zero attached hydrogens (tertiary/aromatic N) is 7. The third-order valence-electron chi connectivity index (χ3n) is 8.22. The van der Waals surface area contributed by atoms with E-state index in [1.807, 2.05) is 24.3 Å². The molecule has 1 amide bonds. The minimum Gasteiger partial charge on any atom is -0.384 e. The zero-order chi connectivity index (χ0) is 30.4. The number of allylic oxidation sites excluding steroid dienone is 1. The summed E-state index contributed by atoms with van der Waals surface area (Å²) in [6.07, 6.45) is 5.00. The van der Waals surface area contributed by atoms with Crippen molar-refractivity contribution in [3.05, 3.63) is 77.4 Å². The molecule has 2 aliphatic heterocycles. The normalized spacial score (nSPS) is 17.3. The quantitative estimate of drug-likeness (QED) is 0.281. The lowest BCUT2D eigenvalue weighted by atomic mass is 9.85. The maximum absolute atomic E-state index is 13.3. The molecule has 3 N–H and O–H groups in total. The molecule has 12 nitrogen and oxygen atoms in total. The highest BCUT2D eigenvalue weighted by atomic mass is 16.3. The number of pyridine rings is 1. The van der Waals surface area contributed by atoms with Crippen LogP contribution in [0, 0.1) is 0 Å². The molecule has 12 heteroatoms. The summed E-state index contributed by atoms with van der Waals surface area (Å²) in [7, 11) is 2.12. The van der Waals surface area contributed by atoms with Crippen LogP contribution in [0.4, 0.5) is 17.3 Å². The lowest BCUT2D eigenvalue weighted by Gasteiger charge is -2.47. The number of hydrogen-bond acceptors (Lipinski definition) is 9. The number of hydrogen-bond donors (Lipinski definition) is 3. The number of fused-ring (bicyclic) bond motifs is 1. The lowest BCUT2D eigenvalue weighted by Crippen LogP contribution is -2.66. The molecule has 0 atom stereocenters. The van der Waals surface area contributed by atoms with Crippen molar-refractivity contribution in [1.29, 1.82) is 0 Å². The largest absolute Gasteiger partial charge is 0.384 e. The molecule has 0 radical (unpaired) electrons. The second-order valence-electron chi connectivity index (χ2n) is 12.0. The summed E-state index contributed by atoms with van der Waals surface area (Å²) in [4.78, 5) is 44.1. The Labute approximate surface area is 249 Å². The van der Waals surface area contributed by atoms with Gasteiger partial charge in [0.1, 0.15) is 11.0 Å². The second kappa shape index (κ2) is 10.9. The van der Waals surface area contributed by atoms with Crippen molar-refractivity contribution in [2.75, 3.05) is 43.4 Å². The van der Waals surface area contributed by atoms with E-state index in [4.69, 9.17) is 4.98 Å². The van der Waals surface area contributed by atoms with Gasteiger partial charge in [0, 0.05) is 37.2 Å². The summed E-state index contributed by atoms with van der Waals surface area (Å²) in [6, 6.07) is 13.1. The van der Waals surface area contributed by atoms with Gasteiger partial charge in [-0.05, 0) is 70.1 Å². The Balaban J connectivity index is 1.28. The number of anilines is 3. The van der Waals surface area contributed by atoms with Crippen LogP contribution in [0.3, 0.4) is 0 Å². The fourth-order valence-corrected chi connectivity index (χ4v) is 5.86. The Hall–Kier alpha value is -4.55. The number of amides is 1. The van der Waals surface area contributed by atoms with Crippen LogP contribution in [-0.2, 0) is 16.9 Å². The first-order valence-corrected chi connectivity index (χ1v) is 14.5. The molecule has 224 valence electrons. The molecule has 1 spiro atoms. The molecule has 0 bridgehead atoms. The number of benzene rings is 1. The molecule has 3 aromatic heterocycles. The van der Waals surface area contributed by atoms with Crippen LogP contribution < -0.4 is 21.1 Å². The number of piperidine rings is 1. The van der Waals surface area contributed by atoms with E-state index in [0.29, 0.717) is 35.0 Å². The van der Waals surface area contributed by atoms with Crippen LogP contribution in [0.1, 0.15) is 32.4 Å². The van der Waals surface area contributed by atoms with Gasteiger partial charge in [-0.2, -0.15) is 4.98 Å². The third kappa shape index (κ3) is 5.63. The number of likely N-dealkylation sites (tertiary alicyclic amines) is 1. The number of aliphatic hydroxyl groups is 1. The molecule has 5 heterocycles. The summed E-state index contributed by atoms with van der Waals surface area (Å²) >= 11 is 0. The molecule has 6 rings (SSSR count). The van der Waals surface area contributed by atoms with Crippen molar-refractivity contribution in [3.8, 4) is 5.82 Å². The minimum absolute atomic E-state index is 0.0525. The predicted molar refractivity (Wildman–Crippen MR) is 166 cm³/mol. The Kier molecular flexibility index (Phi) is 7.26. The van der Waals surface area contributed by atoms with Gasteiger partial charge in [0.15, 0.2) is 11.5 Å². The molecule has 1 aromatic carbocycles. The summed E-state index contributed by atoms with van der Waals surface area (Å²) in [5.74, 6) is 0.804. The average Bonchev–Trinajstić information content (AvgIpc) is 3.25. The third-order valence-corrected chi connectivity index (χ3v) is 8.22.